The van der Waals surface area contributed by atoms with Crippen molar-refractivity contribution in [3.8, 4) is 5.75 Å². The van der Waals surface area contributed by atoms with Crippen LogP contribution in [0, 0.1) is 0 Å². The lowest BCUT2D eigenvalue weighted by Gasteiger charge is -2.26. The van der Waals surface area contributed by atoms with Crippen LogP contribution in [0.1, 0.15) is 39.1 Å². The minimum absolute atomic E-state index is 0.0172. The number of benzene rings is 1. The van der Waals surface area contributed by atoms with Crippen molar-refractivity contribution >= 4 is 11.9 Å². The first kappa shape index (κ1) is 13.2. The average Bonchev–Trinajstić information content (AvgIpc) is 2.98. The fraction of sp³-hybridized carbons (Fsp3) is 0.200. The van der Waals surface area contributed by atoms with Gasteiger partial charge in [0, 0.05) is 12.0 Å². The summed E-state index contributed by atoms with van der Waals surface area (Å²) in [5, 5.41) is 11.6. The number of carboxylic acids is 1. The lowest BCUT2D eigenvalue weighted by atomic mass is 10.0. The Hall–Kier alpha value is -2.76. The normalized spacial score (nSPS) is 16.7. The van der Waals surface area contributed by atoms with E-state index in [-0.39, 0.29) is 17.6 Å². The Kier molecular flexibility index (Phi) is 3.35. The van der Waals surface area contributed by atoms with E-state index in [0.717, 1.165) is 11.3 Å². The van der Waals surface area contributed by atoms with Crippen LogP contribution in [0.4, 0.5) is 0 Å². The molecule has 0 radical (unpaired) electrons. The summed E-state index contributed by atoms with van der Waals surface area (Å²) in [7, 11) is 0. The van der Waals surface area contributed by atoms with Gasteiger partial charge in [-0.2, -0.15) is 0 Å². The highest BCUT2D eigenvalue weighted by molar-refractivity contribution is 5.93. The van der Waals surface area contributed by atoms with Gasteiger partial charge in [-0.1, -0.05) is 18.2 Å². The van der Waals surface area contributed by atoms with Gasteiger partial charge >= 0.3 is 5.97 Å². The van der Waals surface area contributed by atoms with Gasteiger partial charge in [-0.3, -0.25) is 4.79 Å². The Morgan fingerprint density at radius 3 is 2.67 bits per heavy atom. The van der Waals surface area contributed by atoms with Crippen molar-refractivity contribution in [2.75, 3.05) is 6.61 Å². The summed E-state index contributed by atoms with van der Waals surface area (Å²) < 4.78 is 10.5. The molecule has 0 saturated heterocycles. The molecule has 1 atom stereocenters. The Labute approximate surface area is 120 Å². The van der Waals surface area contributed by atoms with Crippen molar-refractivity contribution in [2.24, 2.45) is 0 Å². The summed E-state index contributed by atoms with van der Waals surface area (Å²) in [5.41, 5.74) is 0.905. The zero-order valence-electron chi connectivity index (χ0n) is 11.0. The molecule has 108 valence electrons. The van der Waals surface area contributed by atoms with Crippen molar-refractivity contribution in [1.29, 1.82) is 0 Å². The molecule has 1 amide bonds. The third kappa shape index (κ3) is 2.60. The molecule has 3 rings (SSSR count). The molecule has 1 unspecified atom stereocenters. The number of furan rings is 1. The highest BCUT2D eigenvalue weighted by atomic mass is 16.5. The van der Waals surface area contributed by atoms with E-state index in [0.29, 0.717) is 13.0 Å². The maximum absolute atomic E-state index is 12.1. The number of carbonyl (C=O) groups excluding carboxylic acids is 1. The minimum Gasteiger partial charge on any atom is -0.493 e. The van der Waals surface area contributed by atoms with Crippen LogP contribution in [-0.2, 0) is 0 Å². The second kappa shape index (κ2) is 5.32. The number of fused-ring (bicyclic) bond motifs is 1. The van der Waals surface area contributed by atoms with Crippen LogP contribution in [-0.4, -0.2) is 23.6 Å². The summed E-state index contributed by atoms with van der Waals surface area (Å²) in [5.74, 6) is -1.17. The summed E-state index contributed by atoms with van der Waals surface area (Å²) >= 11 is 0. The van der Waals surface area contributed by atoms with Gasteiger partial charge in [0.25, 0.3) is 5.91 Å². The number of carbonyl (C=O) groups is 2. The van der Waals surface area contributed by atoms with E-state index in [1.165, 1.54) is 12.1 Å². The molecule has 1 aromatic heterocycles. The van der Waals surface area contributed by atoms with Crippen molar-refractivity contribution in [2.45, 2.75) is 12.5 Å². The molecular weight excluding hydrogens is 274 g/mol. The molecule has 21 heavy (non-hydrogen) atoms. The monoisotopic (exact) mass is 287 g/mol. The number of para-hydroxylation sites is 1. The molecule has 1 aliphatic heterocycles. The quantitative estimate of drug-likeness (QED) is 0.903. The Morgan fingerprint density at radius 1 is 1.14 bits per heavy atom. The van der Waals surface area contributed by atoms with Gasteiger partial charge in [0.2, 0.25) is 5.76 Å². The van der Waals surface area contributed by atoms with Gasteiger partial charge in [-0.25, -0.2) is 4.79 Å². The molecule has 1 aromatic carbocycles. The SMILES string of the molecule is O=C(O)c1ccc(C(=O)NC2CCOc3ccccc32)o1. The van der Waals surface area contributed by atoms with Crippen LogP contribution >= 0.6 is 0 Å². The van der Waals surface area contributed by atoms with Gasteiger partial charge in [0.15, 0.2) is 5.76 Å². The number of hydrogen-bond donors (Lipinski definition) is 2. The van der Waals surface area contributed by atoms with Gasteiger partial charge < -0.3 is 19.6 Å². The standard InChI is InChI=1S/C15H13NO5/c17-14(12-5-6-13(21-12)15(18)19)16-10-7-8-20-11-4-2-1-3-9(10)11/h1-6,10H,7-8H2,(H,16,17)(H,18,19). The average molecular weight is 287 g/mol. The molecule has 6 nitrogen and oxygen atoms in total. The van der Waals surface area contributed by atoms with Crippen molar-refractivity contribution in [3.05, 3.63) is 53.5 Å². The smallest absolute Gasteiger partial charge is 0.371 e. The van der Waals surface area contributed by atoms with E-state index < -0.39 is 11.9 Å². The lowest BCUT2D eigenvalue weighted by Crippen LogP contribution is -2.31. The van der Waals surface area contributed by atoms with Crippen LogP contribution in [0.25, 0.3) is 0 Å². The fourth-order valence-electron chi connectivity index (χ4n) is 2.30. The summed E-state index contributed by atoms with van der Waals surface area (Å²) in [6.07, 6.45) is 0.648. The molecule has 1 aliphatic rings. The van der Waals surface area contributed by atoms with Crippen LogP contribution in [0.2, 0.25) is 0 Å². The van der Waals surface area contributed by atoms with Crippen LogP contribution in [0.5, 0.6) is 5.75 Å². The van der Waals surface area contributed by atoms with Gasteiger partial charge in [0.05, 0.1) is 12.6 Å². The molecule has 6 heteroatoms. The first-order chi connectivity index (χ1) is 10.1. The van der Waals surface area contributed by atoms with Gasteiger partial charge in [0.1, 0.15) is 5.75 Å². The lowest BCUT2D eigenvalue weighted by molar-refractivity contribution is 0.0659. The second-order valence-corrected chi connectivity index (χ2v) is 4.67. The number of aromatic carboxylic acids is 1. The van der Waals surface area contributed by atoms with Gasteiger partial charge in [-0.05, 0) is 18.2 Å². The van der Waals surface area contributed by atoms with Crippen LogP contribution in [0.3, 0.4) is 0 Å². The fourth-order valence-corrected chi connectivity index (χ4v) is 2.30. The number of ether oxygens (including phenoxy) is 1. The largest absolute Gasteiger partial charge is 0.493 e. The van der Waals surface area contributed by atoms with Crippen molar-refractivity contribution < 1.29 is 23.8 Å². The maximum atomic E-state index is 12.1. The molecular formula is C15H13NO5. The number of hydrogen-bond acceptors (Lipinski definition) is 4. The van der Waals surface area contributed by atoms with Crippen molar-refractivity contribution in [3.63, 3.8) is 0 Å². The number of amides is 1. The zero-order valence-corrected chi connectivity index (χ0v) is 11.0. The summed E-state index contributed by atoms with van der Waals surface area (Å²) in [6.45, 7) is 0.514. The summed E-state index contributed by atoms with van der Waals surface area (Å²) in [6, 6.07) is 9.92. The third-order valence-corrected chi connectivity index (χ3v) is 3.30. The molecule has 2 heterocycles. The summed E-state index contributed by atoms with van der Waals surface area (Å²) in [4.78, 5) is 22.9. The molecule has 0 bridgehead atoms. The van der Waals surface area contributed by atoms with E-state index in [1.807, 2.05) is 24.3 Å². The number of carboxylic acid groups (broad SMARTS) is 1. The van der Waals surface area contributed by atoms with E-state index in [1.54, 1.807) is 0 Å². The zero-order chi connectivity index (χ0) is 14.8. The number of rotatable bonds is 3. The Bertz CT molecular complexity index is 691. The highest BCUT2D eigenvalue weighted by Crippen LogP contribution is 2.31. The first-order valence-electron chi connectivity index (χ1n) is 6.51. The van der Waals surface area contributed by atoms with E-state index >= 15 is 0 Å². The highest BCUT2D eigenvalue weighted by Gasteiger charge is 2.24. The molecule has 2 aromatic rings. The number of nitrogens with one attached hydrogen (secondary N) is 1. The second-order valence-electron chi connectivity index (χ2n) is 4.67. The first-order valence-corrected chi connectivity index (χ1v) is 6.51. The molecule has 0 aliphatic carbocycles. The topological polar surface area (TPSA) is 88.8 Å². The maximum Gasteiger partial charge on any atom is 0.371 e. The molecule has 0 saturated carbocycles. The molecule has 0 fully saturated rings. The van der Waals surface area contributed by atoms with Crippen LogP contribution < -0.4 is 10.1 Å². The molecule has 2 N–H and O–H groups in total. The predicted molar refractivity (Wildman–Crippen MR) is 72.4 cm³/mol. The predicted octanol–water partition coefficient (Wildman–Crippen LogP) is 2.23. The Morgan fingerprint density at radius 2 is 1.90 bits per heavy atom. The van der Waals surface area contributed by atoms with E-state index in [2.05, 4.69) is 5.32 Å². The van der Waals surface area contributed by atoms with E-state index in [9.17, 15) is 9.59 Å². The molecule has 0 spiro atoms. The Balaban J connectivity index is 1.77. The van der Waals surface area contributed by atoms with E-state index in [4.69, 9.17) is 14.3 Å². The minimum atomic E-state index is -1.20. The van der Waals surface area contributed by atoms with Gasteiger partial charge in [-0.15, -0.1) is 0 Å². The third-order valence-electron chi connectivity index (χ3n) is 3.30. The van der Waals surface area contributed by atoms with Crippen molar-refractivity contribution in [1.82, 2.24) is 5.32 Å². The van der Waals surface area contributed by atoms with Crippen LogP contribution in [0.15, 0.2) is 40.8 Å².